The van der Waals surface area contributed by atoms with Gasteiger partial charge in [0.25, 0.3) is 5.91 Å². The minimum absolute atomic E-state index is 0.0430. The van der Waals surface area contributed by atoms with Crippen molar-refractivity contribution in [1.82, 2.24) is 5.16 Å². The molecule has 1 aromatic heterocycles. The van der Waals surface area contributed by atoms with Crippen molar-refractivity contribution >= 4 is 17.8 Å². The van der Waals surface area contributed by atoms with Gasteiger partial charge in [-0.25, -0.2) is 4.79 Å². The van der Waals surface area contributed by atoms with Gasteiger partial charge < -0.3 is 14.0 Å². The molecule has 0 saturated heterocycles. The van der Waals surface area contributed by atoms with Crippen LogP contribution < -0.4 is 10.1 Å². The third kappa shape index (κ3) is 4.41. The van der Waals surface area contributed by atoms with Gasteiger partial charge in [-0.3, -0.25) is 10.1 Å². The van der Waals surface area contributed by atoms with Crippen molar-refractivity contribution in [2.24, 2.45) is 0 Å². The van der Waals surface area contributed by atoms with E-state index >= 15 is 0 Å². The summed E-state index contributed by atoms with van der Waals surface area (Å²) in [5.74, 6) is -0.192. The van der Waals surface area contributed by atoms with Gasteiger partial charge in [-0.15, -0.1) is 0 Å². The van der Waals surface area contributed by atoms with Crippen molar-refractivity contribution in [1.29, 1.82) is 0 Å². The van der Waals surface area contributed by atoms with Crippen LogP contribution in [0, 0.1) is 6.92 Å². The molecular formula is C19H24N2O5. The van der Waals surface area contributed by atoms with Gasteiger partial charge in [-0.2, -0.15) is 0 Å². The summed E-state index contributed by atoms with van der Waals surface area (Å²) < 4.78 is 15.8. The number of aromatic nitrogens is 1. The third-order valence-corrected chi connectivity index (χ3v) is 3.79. The van der Waals surface area contributed by atoms with Crippen molar-refractivity contribution in [2.75, 3.05) is 11.9 Å². The van der Waals surface area contributed by atoms with E-state index in [0.717, 1.165) is 5.56 Å². The number of rotatable bonds is 7. The Balaban J connectivity index is 2.13. The number of benzene rings is 1. The van der Waals surface area contributed by atoms with E-state index < -0.39 is 18.0 Å². The molecule has 2 aromatic rings. The zero-order valence-electron chi connectivity index (χ0n) is 15.7. The van der Waals surface area contributed by atoms with E-state index in [0.29, 0.717) is 11.4 Å². The largest absolute Gasteiger partial charge is 0.481 e. The number of hydrogen-bond acceptors (Lipinski definition) is 6. The first-order chi connectivity index (χ1) is 12.3. The molecule has 1 amide bonds. The van der Waals surface area contributed by atoms with Gasteiger partial charge in [0.1, 0.15) is 11.3 Å². The average molecular weight is 360 g/mol. The third-order valence-electron chi connectivity index (χ3n) is 3.79. The van der Waals surface area contributed by atoms with Crippen molar-refractivity contribution in [3.63, 3.8) is 0 Å². The maximum Gasteiger partial charge on any atom is 0.345 e. The lowest BCUT2D eigenvalue weighted by Gasteiger charge is -2.18. The average Bonchev–Trinajstić information content (AvgIpc) is 2.95. The summed E-state index contributed by atoms with van der Waals surface area (Å²) in [5.41, 5.74) is 1.46. The number of ether oxygens (including phenoxy) is 2. The van der Waals surface area contributed by atoms with E-state index in [1.54, 1.807) is 20.8 Å². The quantitative estimate of drug-likeness (QED) is 0.757. The summed E-state index contributed by atoms with van der Waals surface area (Å²) in [4.78, 5) is 24.5. The number of aryl methyl sites for hydroxylation is 1. The molecule has 1 heterocycles. The number of esters is 1. The van der Waals surface area contributed by atoms with Gasteiger partial charge >= 0.3 is 5.97 Å². The summed E-state index contributed by atoms with van der Waals surface area (Å²) in [7, 11) is 0. The Bertz CT molecular complexity index is 782. The number of anilines is 1. The minimum Gasteiger partial charge on any atom is -0.481 e. The fourth-order valence-electron chi connectivity index (χ4n) is 2.42. The summed E-state index contributed by atoms with van der Waals surface area (Å²) >= 11 is 0. The van der Waals surface area contributed by atoms with Gasteiger partial charge in [0.05, 0.1) is 12.3 Å². The normalized spacial score (nSPS) is 11.9. The fraction of sp³-hybridized carbons (Fsp3) is 0.421. The molecule has 0 fully saturated rings. The number of carbonyl (C=O) groups is 2. The van der Waals surface area contributed by atoms with E-state index in [9.17, 15) is 9.59 Å². The van der Waals surface area contributed by atoms with Crippen LogP contribution in [0.15, 0.2) is 28.8 Å². The zero-order chi connectivity index (χ0) is 19.3. The highest BCUT2D eigenvalue weighted by Crippen LogP contribution is 2.27. The molecule has 1 atom stereocenters. The number of amides is 1. The molecule has 0 radical (unpaired) electrons. The predicted molar refractivity (Wildman–Crippen MR) is 96.4 cm³/mol. The molecule has 7 heteroatoms. The molecule has 140 valence electrons. The molecule has 1 aromatic carbocycles. The second-order valence-corrected chi connectivity index (χ2v) is 6.13. The van der Waals surface area contributed by atoms with Crippen LogP contribution in [0.4, 0.5) is 5.88 Å². The molecule has 1 unspecified atom stereocenters. The first-order valence-corrected chi connectivity index (χ1v) is 8.55. The predicted octanol–water partition coefficient (Wildman–Crippen LogP) is 3.69. The van der Waals surface area contributed by atoms with Crippen molar-refractivity contribution in [3.05, 3.63) is 41.1 Å². The second kappa shape index (κ2) is 8.51. The Morgan fingerprint density at radius 2 is 1.92 bits per heavy atom. The highest BCUT2D eigenvalue weighted by atomic mass is 16.5. The number of nitrogens with zero attached hydrogens (tertiary/aromatic N) is 1. The van der Waals surface area contributed by atoms with E-state index in [1.807, 2.05) is 24.3 Å². The second-order valence-electron chi connectivity index (χ2n) is 6.13. The van der Waals surface area contributed by atoms with Crippen LogP contribution in [0.1, 0.15) is 55.2 Å². The number of para-hydroxylation sites is 1. The zero-order valence-corrected chi connectivity index (χ0v) is 15.7. The molecule has 1 N–H and O–H groups in total. The SMILES string of the molecule is CCOC(=O)c1c(C)noc1NC(=O)C(C)Oc1ccccc1C(C)C. The molecule has 0 aliphatic heterocycles. The van der Waals surface area contributed by atoms with Crippen LogP contribution in [0.3, 0.4) is 0 Å². The number of hydrogen-bond donors (Lipinski definition) is 1. The van der Waals surface area contributed by atoms with Crippen LogP contribution in [-0.4, -0.2) is 29.7 Å². The molecule has 26 heavy (non-hydrogen) atoms. The fourth-order valence-corrected chi connectivity index (χ4v) is 2.42. The standard InChI is InChI=1S/C19H24N2O5/c1-6-24-19(23)16-12(4)21-26-18(16)20-17(22)13(5)25-15-10-8-7-9-14(15)11(2)3/h7-11,13H,6H2,1-5H3,(H,20,22). The van der Waals surface area contributed by atoms with E-state index in [-0.39, 0.29) is 24.0 Å². The highest BCUT2D eigenvalue weighted by molar-refractivity contribution is 6.01. The van der Waals surface area contributed by atoms with Gasteiger partial charge in [0, 0.05) is 0 Å². The first-order valence-electron chi connectivity index (χ1n) is 8.55. The smallest absolute Gasteiger partial charge is 0.345 e. The molecule has 2 rings (SSSR count). The lowest BCUT2D eigenvalue weighted by molar-refractivity contribution is -0.122. The van der Waals surface area contributed by atoms with Crippen LogP contribution in [0.2, 0.25) is 0 Å². The van der Waals surface area contributed by atoms with Gasteiger partial charge in [-0.1, -0.05) is 37.2 Å². The molecule has 7 nitrogen and oxygen atoms in total. The Morgan fingerprint density at radius 3 is 2.58 bits per heavy atom. The minimum atomic E-state index is -0.796. The lowest BCUT2D eigenvalue weighted by Crippen LogP contribution is -2.31. The number of nitrogens with one attached hydrogen (secondary N) is 1. The Morgan fingerprint density at radius 1 is 1.23 bits per heavy atom. The molecule has 0 bridgehead atoms. The number of carbonyl (C=O) groups excluding carboxylic acids is 2. The van der Waals surface area contributed by atoms with Gasteiger partial charge in [0.2, 0.25) is 5.88 Å². The Hall–Kier alpha value is -2.83. The molecular weight excluding hydrogens is 336 g/mol. The summed E-state index contributed by atoms with van der Waals surface area (Å²) in [6.45, 7) is 9.24. The van der Waals surface area contributed by atoms with Crippen LogP contribution in [0.25, 0.3) is 0 Å². The molecule has 0 saturated carbocycles. The monoisotopic (exact) mass is 360 g/mol. The van der Waals surface area contributed by atoms with Crippen molar-refractivity contribution in [2.45, 2.75) is 46.6 Å². The topological polar surface area (TPSA) is 90.7 Å². The molecule has 0 aliphatic carbocycles. The lowest BCUT2D eigenvalue weighted by atomic mass is 10.0. The Kier molecular flexibility index (Phi) is 6.38. The Labute approximate surface area is 152 Å². The summed E-state index contributed by atoms with van der Waals surface area (Å²) in [6.07, 6.45) is -0.796. The molecule has 0 spiro atoms. The van der Waals surface area contributed by atoms with Gasteiger partial charge in [-0.05, 0) is 38.3 Å². The van der Waals surface area contributed by atoms with Crippen LogP contribution >= 0.6 is 0 Å². The van der Waals surface area contributed by atoms with Crippen molar-refractivity contribution < 1.29 is 23.6 Å². The van der Waals surface area contributed by atoms with Gasteiger partial charge in [0.15, 0.2) is 6.10 Å². The van der Waals surface area contributed by atoms with E-state index in [2.05, 4.69) is 24.3 Å². The van der Waals surface area contributed by atoms with Crippen LogP contribution in [0.5, 0.6) is 5.75 Å². The maximum atomic E-state index is 12.5. The maximum absolute atomic E-state index is 12.5. The highest BCUT2D eigenvalue weighted by Gasteiger charge is 2.26. The van der Waals surface area contributed by atoms with E-state index in [4.69, 9.17) is 14.0 Å². The van der Waals surface area contributed by atoms with Crippen molar-refractivity contribution in [3.8, 4) is 5.75 Å². The summed E-state index contributed by atoms with van der Waals surface area (Å²) in [5, 5.41) is 6.27. The van der Waals surface area contributed by atoms with Crippen LogP contribution in [-0.2, 0) is 9.53 Å². The first kappa shape index (κ1) is 19.5. The summed E-state index contributed by atoms with van der Waals surface area (Å²) in [6, 6.07) is 7.56. The van der Waals surface area contributed by atoms with E-state index in [1.165, 1.54) is 0 Å². The molecule has 0 aliphatic rings.